The van der Waals surface area contributed by atoms with Crippen LogP contribution < -0.4 is 20.7 Å². The van der Waals surface area contributed by atoms with Gasteiger partial charge in [0.1, 0.15) is 5.75 Å². The predicted octanol–water partition coefficient (Wildman–Crippen LogP) is 2.50. The minimum Gasteiger partial charge on any atom is -0.496 e. The predicted molar refractivity (Wildman–Crippen MR) is 113 cm³/mol. The molecule has 1 aromatic carbocycles. The number of amides is 1. The molecule has 0 heterocycles. The average Bonchev–Trinajstić information content (AvgIpc) is 3.46. The van der Waals surface area contributed by atoms with Gasteiger partial charge in [-0.05, 0) is 31.7 Å². The number of hydrogen-bond donors (Lipinski definition) is 3. The Morgan fingerprint density at radius 1 is 1.31 bits per heavy atom. The number of benzene rings is 1. The Bertz CT molecular complexity index is 594. The van der Waals surface area contributed by atoms with E-state index in [0.717, 1.165) is 24.2 Å². The van der Waals surface area contributed by atoms with E-state index in [-0.39, 0.29) is 36.1 Å². The average molecular weight is 476 g/mol. The Balaban J connectivity index is 0.00000338. The highest BCUT2D eigenvalue weighted by Gasteiger charge is 2.32. The lowest BCUT2D eigenvalue weighted by Crippen LogP contribution is -2.48. The van der Waals surface area contributed by atoms with Crippen molar-refractivity contribution in [2.45, 2.75) is 32.4 Å². The number of nitrogens with one attached hydrogen (secondary N) is 3. The number of ether oxygens (including phenoxy) is 2. The van der Waals surface area contributed by atoms with E-state index in [2.05, 4.69) is 20.9 Å². The fourth-order valence-corrected chi connectivity index (χ4v) is 2.61. The summed E-state index contributed by atoms with van der Waals surface area (Å²) >= 11 is 0. The van der Waals surface area contributed by atoms with Gasteiger partial charge in [-0.3, -0.25) is 4.99 Å². The topological polar surface area (TPSA) is 84.0 Å². The summed E-state index contributed by atoms with van der Waals surface area (Å²) < 4.78 is 10.3. The standard InChI is InChI=1S/C18H28N4O3.HI/c1-4-25-18(23)22-15(13-9-10-13)12-21-17(19-2)20-11-14-7-5-6-8-16(14)24-3;/h5-8,13,15H,4,9-12H2,1-3H3,(H,22,23)(H2,19,20,21);1H. The zero-order chi connectivity index (χ0) is 18.1. The van der Waals surface area contributed by atoms with Crippen molar-refractivity contribution >= 4 is 36.0 Å². The number of para-hydroxylation sites is 1. The van der Waals surface area contributed by atoms with E-state index >= 15 is 0 Å². The van der Waals surface area contributed by atoms with Crippen molar-refractivity contribution in [1.29, 1.82) is 0 Å². The van der Waals surface area contributed by atoms with Crippen LogP contribution in [0.25, 0.3) is 0 Å². The van der Waals surface area contributed by atoms with E-state index in [9.17, 15) is 4.79 Å². The molecule has 1 aliphatic carbocycles. The van der Waals surface area contributed by atoms with Crippen LogP contribution >= 0.6 is 24.0 Å². The molecule has 1 unspecified atom stereocenters. The lowest BCUT2D eigenvalue weighted by molar-refractivity contribution is 0.146. The SMILES string of the molecule is CCOC(=O)NC(CNC(=NC)NCc1ccccc1OC)C1CC1.I. The molecule has 0 aromatic heterocycles. The third kappa shape index (κ3) is 7.27. The number of aliphatic imine (C=N–C) groups is 1. The van der Waals surface area contributed by atoms with Crippen LogP contribution in [-0.4, -0.2) is 45.4 Å². The van der Waals surface area contributed by atoms with Crippen molar-refractivity contribution < 1.29 is 14.3 Å². The zero-order valence-corrected chi connectivity index (χ0v) is 17.9. The molecule has 0 radical (unpaired) electrons. The number of nitrogens with zero attached hydrogens (tertiary/aromatic N) is 1. The van der Waals surface area contributed by atoms with Crippen LogP contribution in [0.5, 0.6) is 5.75 Å². The van der Waals surface area contributed by atoms with Crippen LogP contribution in [-0.2, 0) is 11.3 Å². The van der Waals surface area contributed by atoms with Crippen LogP contribution in [0.2, 0.25) is 0 Å². The van der Waals surface area contributed by atoms with Crippen LogP contribution in [0.1, 0.15) is 25.3 Å². The zero-order valence-electron chi connectivity index (χ0n) is 15.6. The molecular weight excluding hydrogens is 447 g/mol. The normalized spacial score (nSPS) is 14.7. The molecule has 1 aromatic rings. The molecule has 7 nitrogen and oxygen atoms in total. The van der Waals surface area contributed by atoms with Crippen LogP contribution in [0.3, 0.4) is 0 Å². The maximum Gasteiger partial charge on any atom is 0.407 e. The van der Waals surface area contributed by atoms with Gasteiger partial charge in [0.25, 0.3) is 0 Å². The van der Waals surface area contributed by atoms with E-state index in [1.807, 2.05) is 24.3 Å². The summed E-state index contributed by atoms with van der Waals surface area (Å²) in [6, 6.07) is 7.90. The summed E-state index contributed by atoms with van der Waals surface area (Å²) in [6.45, 7) is 3.38. The molecule has 1 atom stereocenters. The molecule has 26 heavy (non-hydrogen) atoms. The van der Waals surface area contributed by atoms with Gasteiger partial charge < -0.3 is 25.4 Å². The summed E-state index contributed by atoms with van der Waals surface area (Å²) in [7, 11) is 3.38. The Kier molecular flexibility index (Phi) is 10.2. The Morgan fingerprint density at radius 3 is 2.65 bits per heavy atom. The Hall–Kier alpha value is -1.71. The smallest absolute Gasteiger partial charge is 0.407 e. The van der Waals surface area contributed by atoms with Crippen molar-refractivity contribution in [3.8, 4) is 5.75 Å². The van der Waals surface area contributed by atoms with Crippen molar-refractivity contribution in [3.63, 3.8) is 0 Å². The first-order valence-electron chi connectivity index (χ1n) is 8.67. The molecule has 0 bridgehead atoms. The summed E-state index contributed by atoms with van der Waals surface area (Å²) in [4.78, 5) is 15.9. The number of guanidine groups is 1. The Labute approximate surface area is 172 Å². The first-order valence-corrected chi connectivity index (χ1v) is 8.67. The minimum absolute atomic E-state index is 0. The summed E-state index contributed by atoms with van der Waals surface area (Å²) in [6.07, 6.45) is 1.90. The molecule has 1 saturated carbocycles. The van der Waals surface area contributed by atoms with Gasteiger partial charge in [-0.25, -0.2) is 4.79 Å². The van der Waals surface area contributed by atoms with Gasteiger partial charge in [-0.15, -0.1) is 24.0 Å². The van der Waals surface area contributed by atoms with Crippen LogP contribution in [0.4, 0.5) is 4.79 Å². The lowest BCUT2D eigenvalue weighted by Gasteiger charge is -2.20. The maximum atomic E-state index is 11.7. The fourth-order valence-electron chi connectivity index (χ4n) is 2.61. The molecule has 1 fully saturated rings. The minimum atomic E-state index is -0.363. The largest absolute Gasteiger partial charge is 0.496 e. The van der Waals surface area contributed by atoms with E-state index in [1.54, 1.807) is 21.1 Å². The number of alkyl carbamates (subject to hydrolysis) is 1. The van der Waals surface area contributed by atoms with Gasteiger partial charge >= 0.3 is 6.09 Å². The third-order valence-electron chi connectivity index (χ3n) is 4.12. The van der Waals surface area contributed by atoms with Gasteiger partial charge in [0.15, 0.2) is 5.96 Å². The molecule has 1 amide bonds. The first-order chi connectivity index (χ1) is 12.2. The molecular formula is C18H29IN4O3. The molecule has 146 valence electrons. The molecule has 0 spiro atoms. The molecule has 0 saturated heterocycles. The molecule has 2 rings (SSSR count). The number of halogens is 1. The lowest BCUT2D eigenvalue weighted by atomic mass is 10.2. The molecule has 1 aliphatic rings. The second-order valence-corrected chi connectivity index (χ2v) is 5.93. The highest BCUT2D eigenvalue weighted by molar-refractivity contribution is 14.0. The van der Waals surface area contributed by atoms with Crippen molar-refractivity contribution in [1.82, 2.24) is 16.0 Å². The Morgan fingerprint density at radius 2 is 2.04 bits per heavy atom. The number of rotatable bonds is 8. The van der Waals surface area contributed by atoms with E-state index in [0.29, 0.717) is 31.6 Å². The van der Waals surface area contributed by atoms with Gasteiger partial charge in [-0.2, -0.15) is 0 Å². The first kappa shape index (κ1) is 22.3. The van der Waals surface area contributed by atoms with Gasteiger partial charge in [-0.1, -0.05) is 18.2 Å². The second kappa shape index (κ2) is 11.8. The third-order valence-corrected chi connectivity index (χ3v) is 4.12. The summed E-state index contributed by atoms with van der Waals surface area (Å²) in [5.41, 5.74) is 1.05. The monoisotopic (exact) mass is 476 g/mol. The second-order valence-electron chi connectivity index (χ2n) is 5.93. The highest BCUT2D eigenvalue weighted by Crippen LogP contribution is 2.32. The molecule has 3 N–H and O–H groups in total. The quantitative estimate of drug-likeness (QED) is 0.305. The number of methoxy groups -OCH3 is 1. The number of hydrogen-bond acceptors (Lipinski definition) is 4. The van der Waals surface area contributed by atoms with Crippen molar-refractivity contribution in [2.24, 2.45) is 10.9 Å². The van der Waals surface area contributed by atoms with E-state index in [4.69, 9.17) is 9.47 Å². The van der Waals surface area contributed by atoms with Gasteiger partial charge in [0.05, 0.1) is 19.8 Å². The van der Waals surface area contributed by atoms with Crippen molar-refractivity contribution in [2.75, 3.05) is 27.3 Å². The highest BCUT2D eigenvalue weighted by atomic mass is 127. The summed E-state index contributed by atoms with van der Waals surface area (Å²) in [5.74, 6) is 2.02. The van der Waals surface area contributed by atoms with Gasteiger partial charge in [0.2, 0.25) is 0 Å². The molecule has 0 aliphatic heterocycles. The van der Waals surface area contributed by atoms with Gasteiger partial charge in [0, 0.05) is 25.7 Å². The van der Waals surface area contributed by atoms with Crippen LogP contribution in [0, 0.1) is 5.92 Å². The van der Waals surface area contributed by atoms with E-state index < -0.39 is 0 Å². The fraction of sp³-hybridized carbons (Fsp3) is 0.556. The van der Waals surface area contributed by atoms with Crippen LogP contribution in [0.15, 0.2) is 29.3 Å². The number of carbonyl (C=O) groups excluding carboxylic acids is 1. The van der Waals surface area contributed by atoms with Crippen molar-refractivity contribution in [3.05, 3.63) is 29.8 Å². The van der Waals surface area contributed by atoms with E-state index in [1.165, 1.54) is 0 Å². The summed E-state index contributed by atoms with van der Waals surface area (Å²) in [5, 5.41) is 9.47. The maximum absolute atomic E-state index is 11.7. The molecule has 8 heteroatoms. The number of carbonyl (C=O) groups is 1.